The summed E-state index contributed by atoms with van der Waals surface area (Å²) in [5, 5.41) is 13.9. The number of halogens is 2. The molecule has 0 spiro atoms. The number of guanidine groups is 1. The van der Waals surface area contributed by atoms with Gasteiger partial charge in [0.25, 0.3) is 5.69 Å². The monoisotopic (exact) mass is 389 g/mol. The number of hydrogen-bond donors (Lipinski definition) is 1. The van der Waals surface area contributed by atoms with Crippen molar-refractivity contribution < 1.29 is 13.7 Å². The van der Waals surface area contributed by atoms with Gasteiger partial charge in [0.15, 0.2) is 5.96 Å². The number of non-ortho nitro benzene ring substituents is 1. The third-order valence-corrected chi connectivity index (χ3v) is 4.64. The van der Waals surface area contributed by atoms with Gasteiger partial charge in [-0.1, -0.05) is 12.1 Å². The van der Waals surface area contributed by atoms with Crippen molar-refractivity contribution in [2.75, 3.05) is 38.1 Å². The molecule has 0 bridgehead atoms. The third kappa shape index (κ3) is 4.54. The molecule has 2 aromatic rings. The number of nitro benzene ring substituents is 1. The summed E-state index contributed by atoms with van der Waals surface area (Å²) in [6.07, 6.45) is 0. The second-order valence-electron chi connectivity index (χ2n) is 6.39. The molecule has 0 unspecified atom stereocenters. The minimum Gasteiger partial charge on any atom is -0.366 e. The largest absolute Gasteiger partial charge is 0.366 e. The molecule has 1 N–H and O–H groups in total. The van der Waals surface area contributed by atoms with Gasteiger partial charge in [-0.05, 0) is 17.7 Å². The number of hydrogen-bond acceptors (Lipinski definition) is 4. The lowest BCUT2D eigenvalue weighted by Gasteiger charge is -2.37. The summed E-state index contributed by atoms with van der Waals surface area (Å²) >= 11 is 0. The molecular formula is C19H21F2N5O2. The van der Waals surface area contributed by atoms with Gasteiger partial charge in [0.05, 0.1) is 10.6 Å². The van der Waals surface area contributed by atoms with E-state index in [0.29, 0.717) is 38.7 Å². The van der Waals surface area contributed by atoms with Crippen LogP contribution in [0.1, 0.15) is 5.56 Å². The zero-order chi connectivity index (χ0) is 20.1. The molecule has 7 nitrogen and oxygen atoms in total. The van der Waals surface area contributed by atoms with E-state index in [9.17, 15) is 18.9 Å². The van der Waals surface area contributed by atoms with Crippen molar-refractivity contribution >= 4 is 17.3 Å². The van der Waals surface area contributed by atoms with Crippen LogP contribution in [0.15, 0.2) is 47.5 Å². The quantitative estimate of drug-likeness (QED) is 0.377. The minimum absolute atomic E-state index is 0.0498. The zero-order valence-corrected chi connectivity index (χ0v) is 15.4. The predicted octanol–water partition coefficient (Wildman–Crippen LogP) is 2.77. The molecule has 1 heterocycles. The number of anilines is 1. The maximum atomic E-state index is 14.0. The number of aliphatic imine (C=N–C) groups is 1. The smallest absolute Gasteiger partial charge is 0.269 e. The van der Waals surface area contributed by atoms with Crippen LogP contribution < -0.4 is 10.2 Å². The second-order valence-corrected chi connectivity index (χ2v) is 6.39. The van der Waals surface area contributed by atoms with Crippen molar-refractivity contribution in [2.45, 2.75) is 6.54 Å². The molecule has 1 fully saturated rings. The van der Waals surface area contributed by atoms with E-state index in [1.54, 1.807) is 19.2 Å². The highest BCUT2D eigenvalue weighted by molar-refractivity contribution is 5.80. The van der Waals surface area contributed by atoms with Crippen LogP contribution in [0.2, 0.25) is 0 Å². The summed E-state index contributed by atoms with van der Waals surface area (Å²) < 4.78 is 27.4. The van der Waals surface area contributed by atoms with Crippen LogP contribution in [-0.4, -0.2) is 49.0 Å². The molecule has 2 aromatic carbocycles. The van der Waals surface area contributed by atoms with Crippen molar-refractivity contribution in [1.29, 1.82) is 0 Å². The molecular weight excluding hydrogens is 368 g/mol. The molecule has 1 aliphatic heterocycles. The van der Waals surface area contributed by atoms with Crippen LogP contribution in [-0.2, 0) is 6.54 Å². The summed E-state index contributed by atoms with van der Waals surface area (Å²) in [6, 6.07) is 9.79. The highest BCUT2D eigenvalue weighted by Gasteiger charge is 2.22. The van der Waals surface area contributed by atoms with Gasteiger partial charge in [0.1, 0.15) is 11.6 Å². The van der Waals surface area contributed by atoms with E-state index in [1.807, 2.05) is 9.80 Å². The Morgan fingerprint density at radius 1 is 1.14 bits per heavy atom. The lowest BCUT2D eigenvalue weighted by Crippen LogP contribution is -2.52. The van der Waals surface area contributed by atoms with E-state index in [4.69, 9.17) is 0 Å². The summed E-state index contributed by atoms with van der Waals surface area (Å²) in [6.45, 7) is 2.77. The predicted molar refractivity (Wildman–Crippen MR) is 103 cm³/mol. The summed E-state index contributed by atoms with van der Waals surface area (Å²) in [5.41, 5.74) is 1.22. The highest BCUT2D eigenvalue weighted by Crippen LogP contribution is 2.22. The molecule has 0 aliphatic carbocycles. The van der Waals surface area contributed by atoms with Crippen molar-refractivity contribution in [3.05, 3.63) is 69.8 Å². The number of benzene rings is 2. The lowest BCUT2D eigenvalue weighted by atomic mass is 10.2. The van der Waals surface area contributed by atoms with E-state index >= 15 is 0 Å². The molecule has 1 aliphatic rings. The first kappa shape index (κ1) is 19.5. The first-order valence-electron chi connectivity index (χ1n) is 8.87. The maximum absolute atomic E-state index is 14.0. The summed E-state index contributed by atoms with van der Waals surface area (Å²) in [7, 11) is 1.68. The number of nitrogens with one attached hydrogen (secondary N) is 1. The fourth-order valence-corrected chi connectivity index (χ4v) is 3.14. The Labute approximate surface area is 161 Å². The number of rotatable bonds is 4. The van der Waals surface area contributed by atoms with Gasteiger partial charge in [-0.15, -0.1) is 0 Å². The van der Waals surface area contributed by atoms with Crippen LogP contribution in [0.25, 0.3) is 0 Å². The van der Waals surface area contributed by atoms with E-state index in [1.165, 1.54) is 18.2 Å². The van der Waals surface area contributed by atoms with Gasteiger partial charge in [0.2, 0.25) is 0 Å². The summed E-state index contributed by atoms with van der Waals surface area (Å²) in [5.74, 6) is -0.201. The molecule has 28 heavy (non-hydrogen) atoms. The van der Waals surface area contributed by atoms with Crippen molar-refractivity contribution in [3.8, 4) is 0 Å². The van der Waals surface area contributed by atoms with Gasteiger partial charge in [-0.3, -0.25) is 15.1 Å². The lowest BCUT2D eigenvalue weighted by molar-refractivity contribution is -0.384. The van der Waals surface area contributed by atoms with Crippen molar-refractivity contribution in [1.82, 2.24) is 10.2 Å². The number of piperazine rings is 1. The van der Waals surface area contributed by atoms with Gasteiger partial charge < -0.3 is 15.1 Å². The van der Waals surface area contributed by atoms with Crippen LogP contribution in [0.3, 0.4) is 0 Å². The minimum atomic E-state index is -0.459. The first-order valence-corrected chi connectivity index (χ1v) is 8.87. The van der Waals surface area contributed by atoms with Crippen LogP contribution in [0.5, 0.6) is 0 Å². The Kier molecular flexibility index (Phi) is 6.03. The third-order valence-electron chi connectivity index (χ3n) is 4.64. The molecule has 0 saturated carbocycles. The Balaban J connectivity index is 1.56. The standard InChI is InChI=1S/C19H21F2N5O2/c1-22-19(23-13-14-2-5-16(6-3-14)26(27)28)25-10-8-24(9-11-25)18-12-15(20)4-7-17(18)21/h2-7,12H,8-11,13H2,1H3,(H,22,23). The van der Waals surface area contributed by atoms with Crippen LogP contribution in [0, 0.1) is 21.7 Å². The number of nitrogens with zero attached hydrogens (tertiary/aromatic N) is 4. The van der Waals surface area contributed by atoms with Crippen molar-refractivity contribution in [2.24, 2.45) is 4.99 Å². The number of nitro groups is 1. The highest BCUT2D eigenvalue weighted by atomic mass is 19.1. The average molecular weight is 389 g/mol. The fraction of sp³-hybridized carbons (Fsp3) is 0.316. The van der Waals surface area contributed by atoms with Gasteiger partial charge in [0, 0.05) is 58.0 Å². The van der Waals surface area contributed by atoms with E-state index < -0.39 is 16.6 Å². The maximum Gasteiger partial charge on any atom is 0.269 e. The Morgan fingerprint density at radius 3 is 2.43 bits per heavy atom. The molecule has 1 saturated heterocycles. The Hall–Kier alpha value is -3.23. The van der Waals surface area contributed by atoms with Gasteiger partial charge in [-0.25, -0.2) is 8.78 Å². The second kappa shape index (κ2) is 8.64. The molecule has 3 rings (SSSR count). The van der Waals surface area contributed by atoms with E-state index in [2.05, 4.69) is 10.3 Å². The summed E-state index contributed by atoms with van der Waals surface area (Å²) in [4.78, 5) is 18.4. The zero-order valence-electron chi connectivity index (χ0n) is 15.4. The molecule has 148 valence electrons. The molecule has 9 heteroatoms. The van der Waals surface area contributed by atoms with Crippen LogP contribution >= 0.6 is 0 Å². The van der Waals surface area contributed by atoms with E-state index in [0.717, 1.165) is 17.7 Å². The SMILES string of the molecule is CN=C(NCc1ccc([N+](=O)[O-])cc1)N1CCN(c2cc(F)ccc2F)CC1. The normalized spacial score (nSPS) is 14.9. The van der Waals surface area contributed by atoms with Gasteiger partial charge in [-0.2, -0.15) is 0 Å². The van der Waals surface area contributed by atoms with E-state index in [-0.39, 0.29) is 11.4 Å². The molecule has 0 aromatic heterocycles. The Morgan fingerprint density at radius 2 is 1.82 bits per heavy atom. The Bertz CT molecular complexity index is 865. The average Bonchev–Trinajstić information content (AvgIpc) is 2.71. The fourth-order valence-electron chi connectivity index (χ4n) is 3.14. The van der Waals surface area contributed by atoms with Gasteiger partial charge >= 0.3 is 0 Å². The molecule has 0 amide bonds. The van der Waals surface area contributed by atoms with Crippen LogP contribution in [0.4, 0.5) is 20.2 Å². The molecule has 0 atom stereocenters. The first-order chi connectivity index (χ1) is 13.5. The molecule has 0 radical (unpaired) electrons. The topological polar surface area (TPSA) is 74.0 Å². The van der Waals surface area contributed by atoms with Crippen molar-refractivity contribution in [3.63, 3.8) is 0 Å².